The molecule has 1 heterocycles. The first-order valence-electron chi connectivity index (χ1n) is 7.57. The van der Waals surface area contributed by atoms with Crippen molar-refractivity contribution in [3.8, 4) is 0 Å². The van der Waals surface area contributed by atoms with Crippen LogP contribution in [0.4, 0.5) is 0 Å². The molecule has 2 aliphatic rings. The van der Waals surface area contributed by atoms with Crippen LogP contribution in [0.2, 0.25) is 0 Å². The van der Waals surface area contributed by atoms with Gasteiger partial charge in [-0.15, -0.1) is 0 Å². The molecule has 0 aromatic rings. The number of nitrogens with two attached hydrogens (primary N) is 1. The summed E-state index contributed by atoms with van der Waals surface area (Å²) >= 11 is 1.95. The Balaban J connectivity index is 2.09. The predicted octanol–water partition coefficient (Wildman–Crippen LogP) is 1.87. The summed E-state index contributed by atoms with van der Waals surface area (Å²) in [4.78, 5) is 14.9. The van der Waals surface area contributed by atoms with Crippen LogP contribution >= 0.6 is 11.8 Å². The number of carbonyl (C=O) groups excluding carboxylic acids is 1. The summed E-state index contributed by atoms with van der Waals surface area (Å²) in [6, 6.07) is 0. The highest BCUT2D eigenvalue weighted by Gasteiger charge is 2.63. The molecular weight excluding hydrogens is 272 g/mol. The number of ether oxygens (including phenoxy) is 1. The summed E-state index contributed by atoms with van der Waals surface area (Å²) in [7, 11) is 0. The van der Waals surface area contributed by atoms with E-state index in [9.17, 15) is 4.79 Å². The van der Waals surface area contributed by atoms with E-state index in [0.717, 1.165) is 13.1 Å². The molecule has 116 valence electrons. The van der Waals surface area contributed by atoms with Gasteiger partial charge in [0.1, 0.15) is 5.54 Å². The second-order valence-electron chi connectivity index (χ2n) is 6.81. The van der Waals surface area contributed by atoms with E-state index in [1.807, 2.05) is 23.6 Å². The summed E-state index contributed by atoms with van der Waals surface area (Å²) in [6.45, 7) is 12.7. The smallest absolute Gasteiger partial charge is 0.243 e. The topological polar surface area (TPSA) is 55.6 Å². The van der Waals surface area contributed by atoms with Gasteiger partial charge in [0.2, 0.25) is 5.91 Å². The highest BCUT2D eigenvalue weighted by atomic mass is 32.2. The Morgan fingerprint density at radius 1 is 1.35 bits per heavy atom. The molecule has 0 radical (unpaired) electrons. The second-order valence-corrected chi connectivity index (χ2v) is 8.69. The van der Waals surface area contributed by atoms with Crippen molar-refractivity contribution in [1.82, 2.24) is 4.90 Å². The number of hydrogen-bond acceptors (Lipinski definition) is 4. The maximum atomic E-state index is 12.9. The standard InChI is InChI=1S/C15H28N2O2S/c1-6-19-12-7-15(16,14(12,4)5)13(18)17-8-10(2)20-11(3)9-17/h10-12H,6-9,16H2,1-5H3. The fourth-order valence-corrected chi connectivity index (χ4v) is 4.75. The Bertz CT molecular complexity index is 378. The van der Waals surface area contributed by atoms with Gasteiger partial charge < -0.3 is 15.4 Å². The van der Waals surface area contributed by atoms with Crippen LogP contribution < -0.4 is 5.73 Å². The van der Waals surface area contributed by atoms with Crippen molar-refractivity contribution in [1.29, 1.82) is 0 Å². The third-order valence-electron chi connectivity index (χ3n) is 4.92. The Labute approximate surface area is 126 Å². The molecule has 0 aromatic carbocycles. The Morgan fingerprint density at radius 2 is 1.90 bits per heavy atom. The van der Waals surface area contributed by atoms with Crippen molar-refractivity contribution in [2.24, 2.45) is 11.1 Å². The predicted molar refractivity (Wildman–Crippen MR) is 83.8 cm³/mol. The van der Waals surface area contributed by atoms with E-state index < -0.39 is 5.54 Å². The molecule has 1 amide bonds. The highest BCUT2D eigenvalue weighted by Crippen LogP contribution is 2.50. The minimum atomic E-state index is -0.770. The van der Waals surface area contributed by atoms with Crippen molar-refractivity contribution in [3.05, 3.63) is 0 Å². The van der Waals surface area contributed by atoms with Gasteiger partial charge in [0, 0.05) is 42.0 Å². The van der Waals surface area contributed by atoms with Gasteiger partial charge in [-0.3, -0.25) is 4.79 Å². The molecule has 4 nitrogen and oxygen atoms in total. The van der Waals surface area contributed by atoms with E-state index in [4.69, 9.17) is 10.5 Å². The zero-order valence-corrected chi connectivity index (χ0v) is 14.1. The Hall–Kier alpha value is -0.260. The van der Waals surface area contributed by atoms with Crippen LogP contribution in [0.3, 0.4) is 0 Å². The lowest BCUT2D eigenvalue weighted by atomic mass is 9.54. The molecule has 2 rings (SSSR count). The number of amides is 1. The van der Waals surface area contributed by atoms with E-state index in [0.29, 0.717) is 23.5 Å². The number of carbonyl (C=O) groups is 1. The van der Waals surface area contributed by atoms with Crippen molar-refractivity contribution in [2.75, 3.05) is 19.7 Å². The van der Waals surface area contributed by atoms with Crippen molar-refractivity contribution in [2.45, 2.75) is 63.2 Å². The van der Waals surface area contributed by atoms with Crippen LogP contribution in [0.1, 0.15) is 41.0 Å². The van der Waals surface area contributed by atoms with Crippen LogP contribution in [0, 0.1) is 5.41 Å². The van der Waals surface area contributed by atoms with Gasteiger partial charge >= 0.3 is 0 Å². The van der Waals surface area contributed by atoms with Gasteiger partial charge in [-0.25, -0.2) is 0 Å². The first-order chi connectivity index (χ1) is 9.22. The zero-order valence-electron chi connectivity index (χ0n) is 13.3. The van der Waals surface area contributed by atoms with Crippen LogP contribution in [-0.4, -0.2) is 52.6 Å². The quantitative estimate of drug-likeness (QED) is 0.864. The summed E-state index contributed by atoms with van der Waals surface area (Å²) < 4.78 is 5.71. The lowest BCUT2D eigenvalue weighted by Crippen LogP contribution is -2.76. The fourth-order valence-electron chi connectivity index (χ4n) is 3.42. The van der Waals surface area contributed by atoms with E-state index in [2.05, 4.69) is 27.7 Å². The SMILES string of the molecule is CCOC1CC(N)(C(=O)N2CC(C)SC(C)C2)C1(C)C. The Kier molecular flexibility index (Phi) is 4.43. The molecule has 20 heavy (non-hydrogen) atoms. The molecule has 2 fully saturated rings. The first kappa shape index (κ1) is 16.1. The molecule has 5 heteroatoms. The lowest BCUT2D eigenvalue weighted by molar-refractivity contribution is -0.179. The van der Waals surface area contributed by atoms with E-state index in [1.54, 1.807) is 0 Å². The molecule has 4 atom stereocenters. The van der Waals surface area contributed by atoms with Gasteiger partial charge in [0.15, 0.2) is 0 Å². The minimum absolute atomic E-state index is 0.0930. The van der Waals surface area contributed by atoms with Crippen molar-refractivity contribution < 1.29 is 9.53 Å². The van der Waals surface area contributed by atoms with Gasteiger partial charge in [-0.1, -0.05) is 27.7 Å². The summed E-state index contributed by atoms with van der Waals surface area (Å²) in [5, 5.41) is 0.967. The fraction of sp³-hybridized carbons (Fsp3) is 0.933. The lowest BCUT2D eigenvalue weighted by Gasteiger charge is -2.59. The average Bonchev–Trinajstić information content (AvgIpc) is 2.36. The highest BCUT2D eigenvalue weighted by molar-refractivity contribution is 8.00. The third kappa shape index (κ3) is 2.48. The van der Waals surface area contributed by atoms with Gasteiger partial charge in [-0.2, -0.15) is 11.8 Å². The average molecular weight is 300 g/mol. The molecule has 4 unspecified atom stereocenters. The van der Waals surface area contributed by atoms with Crippen LogP contribution in [0.5, 0.6) is 0 Å². The molecule has 0 spiro atoms. The minimum Gasteiger partial charge on any atom is -0.378 e. The molecule has 1 aliphatic heterocycles. The third-order valence-corrected chi connectivity index (χ3v) is 6.15. The number of thioether (sulfide) groups is 1. The molecular formula is C15H28N2O2S. The van der Waals surface area contributed by atoms with Crippen LogP contribution in [-0.2, 0) is 9.53 Å². The van der Waals surface area contributed by atoms with Crippen LogP contribution in [0.25, 0.3) is 0 Å². The van der Waals surface area contributed by atoms with Crippen molar-refractivity contribution in [3.63, 3.8) is 0 Å². The summed E-state index contributed by atoms with van der Waals surface area (Å²) in [5.74, 6) is 0.109. The van der Waals surface area contributed by atoms with Gasteiger partial charge in [0.25, 0.3) is 0 Å². The largest absolute Gasteiger partial charge is 0.378 e. The molecule has 2 N–H and O–H groups in total. The summed E-state index contributed by atoms with van der Waals surface area (Å²) in [5.41, 5.74) is 5.42. The number of hydrogen-bond donors (Lipinski definition) is 1. The van der Waals surface area contributed by atoms with Crippen molar-refractivity contribution >= 4 is 17.7 Å². The molecule has 1 saturated heterocycles. The van der Waals surface area contributed by atoms with Gasteiger partial charge in [0.05, 0.1) is 6.10 Å². The van der Waals surface area contributed by atoms with E-state index in [1.165, 1.54) is 0 Å². The number of rotatable bonds is 3. The molecule has 1 aliphatic carbocycles. The first-order valence-corrected chi connectivity index (χ1v) is 8.52. The Morgan fingerprint density at radius 3 is 2.35 bits per heavy atom. The molecule has 0 bridgehead atoms. The maximum absolute atomic E-state index is 12.9. The monoisotopic (exact) mass is 300 g/mol. The number of nitrogens with zero attached hydrogens (tertiary/aromatic N) is 1. The normalized spacial score (nSPS) is 40.3. The second kappa shape index (κ2) is 5.50. The molecule has 0 aromatic heterocycles. The zero-order chi connectivity index (χ0) is 15.1. The summed E-state index contributed by atoms with van der Waals surface area (Å²) in [6.07, 6.45) is 0.731. The molecule has 1 saturated carbocycles. The van der Waals surface area contributed by atoms with E-state index in [-0.39, 0.29) is 17.4 Å². The van der Waals surface area contributed by atoms with Crippen LogP contribution in [0.15, 0.2) is 0 Å². The maximum Gasteiger partial charge on any atom is 0.243 e. The van der Waals surface area contributed by atoms with Gasteiger partial charge in [-0.05, 0) is 6.92 Å². The van der Waals surface area contributed by atoms with E-state index >= 15 is 0 Å².